The number of carbonyl (C=O) groups excluding carboxylic acids is 2. The van der Waals surface area contributed by atoms with E-state index in [-0.39, 0.29) is 39.9 Å². The molecule has 0 spiro atoms. The highest BCUT2D eigenvalue weighted by atomic mass is 32.2. The predicted molar refractivity (Wildman–Crippen MR) is 137 cm³/mol. The molecule has 4 aliphatic rings. The van der Waals surface area contributed by atoms with Crippen molar-refractivity contribution in [3.05, 3.63) is 24.0 Å². The van der Waals surface area contributed by atoms with Crippen molar-refractivity contribution in [2.45, 2.75) is 94.9 Å². The smallest absolute Gasteiger partial charge is 0.319 e. The summed E-state index contributed by atoms with van der Waals surface area (Å²) >= 11 is 0. The largest absolute Gasteiger partial charge is 0.332 e. The molecule has 2 unspecified atom stereocenters. The van der Waals surface area contributed by atoms with Crippen LogP contribution in [0.25, 0.3) is 0 Å². The second-order valence-electron chi connectivity index (χ2n) is 12.2. The molecule has 9 nitrogen and oxygen atoms in total. The van der Waals surface area contributed by atoms with Gasteiger partial charge in [0.2, 0.25) is 15.9 Å². The van der Waals surface area contributed by atoms with Crippen LogP contribution in [0.4, 0.5) is 14.9 Å². The third-order valence-electron chi connectivity index (χ3n) is 8.25. The van der Waals surface area contributed by atoms with Gasteiger partial charge in [-0.05, 0) is 86.3 Å². The summed E-state index contributed by atoms with van der Waals surface area (Å²) in [5, 5.41) is 14.2. The Morgan fingerprint density at radius 3 is 2.32 bits per heavy atom. The van der Waals surface area contributed by atoms with E-state index in [0.717, 1.165) is 25.3 Å². The molecule has 5 rings (SSSR count). The fourth-order valence-electron chi connectivity index (χ4n) is 7.86. The molecule has 4 fully saturated rings. The van der Waals surface area contributed by atoms with Crippen molar-refractivity contribution in [2.75, 3.05) is 11.9 Å². The highest BCUT2D eigenvalue weighted by Crippen LogP contribution is 2.66. The van der Waals surface area contributed by atoms with Gasteiger partial charge in [-0.3, -0.25) is 10.0 Å². The Kier molecular flexibility index (Phi) is 7.88. The van der Waals surface area contributed by atoms with Gasteiger partial charge in [0, 0.05) is 18.5 Å². The standard InChI is InChI=1S/C26H39FN4O5S/c1-24-12-18-13-25(2,15-24)17-26(14-18,16-24)30-23(33)29-21-9-8-19(11-20(21)27)37(35,36)28-10-6-4-3-5-7-22(32)31-34/h8-9,11,18,28,34H,3-7,10,12-17H2,1-2H3,(H,31,32)(H2,29,30,33). The number of sulfonamides is 1. The molecule has 0 aromatic heterocycles. The van der Waals surface area contributed by atoms with Crippen LogP contribution < -0.4 is 20.8 Å². The molecule has 1 aromatic rings. The van der Waals surface area contributed by atoms with Crippen LogP contribution in [0.5, 0.6) is 0 Å². The van der Waals surface area contributed by atoms with Crippen molar-refractivity contribution in [2.24, 2.45) is 16.7 Å². The molecule has 4 saturated carbocycles. The summed E-state index contributed by atoms with van der Waals surface area (Å²) < 4.78 is 42.4. The summed E-state index contributed by atoms with van der Waals surface area (Å²) in [7, 11) is -3.90. The average molecular weight is 539 g/mol. The van der Waals surface area contributed by atoms with Gasteiger partial charge >= 0.3 is 6.03 Å². The number of amides is 3. The van der Waals surface area contributed by atoms with E-state index in [1.165, 1.54) is 31.4 Å². The van der Waals surface area contributed by atoms with Crippen LogP contribution in [-0.2, 0) is 14.8 Å². The Balaban J connectivity index is 1.28. The minimum absolute atomic E-state index is 0.0643. The van der Waals surface area contributed by atoms with E-state index < -0.39 is 27.8 Å². The lowest BCUT2D eigenvalue weighted by Crippen LogP contribution is -2.65. The summed E-state index contributed by atoms with van der Waals surface area (Å²) in [6.45, 7) is 4.81. The van der Waals surface area contributed by atoms with Crippen LogP contribution >= 0.6 is 0 Å². The highest BCUT2D eigenvalue weighted by molar-refractivity contribution is 7.89. The van der Waals surface area contributed by atoms with Gasteiger partial charge in [0.25, 0.3) is 0 Å². The molecular weight excluding hydrogens is 499 g/mol. The van der Waals surface area contributed by atoms with E-state index in [0.29, 0.717) is 31.6 Å². The summed E-state index contributed by atoms with van der Waals surface area (Å²) in [4.78, 5) is 23.6. The number of halogens is 1. The predicted octanol–water partition coefficient (Wildman–Crippen LogP) is 4.43. The second-order valence-corrected chi connectivity index (χ2v) is 14.0. The Morgan fingerprint density at radius 1 is 1.03 bits per heavy atom. The summed E-state index contributed by atoms with van der Waals surface area (Å²) in [6.07, 6.45) is 9.19. The minimum atomic E-state index is -3.90. The maximum Gasteiger partial charge on any atom is 0.319 e. The van der Waals surface area contributed by atoms with Gasteiger partial charge in [0.15, 0.2) is 0 Å². The first-order valence-electron chi connectivity index (χ1n) is 13.2. The Labute approximate surface area is 218 Å². The number of hydrogen-bond acceptors (Lipinski definition) is 5. The highest BCUT2D eigenvalue weighted by Gasteiger charge is 2.60. The number of unbranched alkanes of at least 4 members (excludes halogenated alkanes) is 3. The first-order chi connectivity index (χ1) is 17.3. The van der Waals surface area contributed by atoms with Crippen molar-refractivity contribution in [3.8, 4) is 0 Å². The molecule has 0 radical (unpaired) electrons. The molecule has 37 heavy (non-hydrogen) atoms. The SMILES string of the molecule is CC12CC3CC(C)(C1)CC(NC(=O)Nc1ccc(S(=O)(=O)NCCCCCCC(=O)NO)cc1F)(C3)C2. The van der Waals surface area contributed by atoms with Crippen molar-refractivity contribution in [1.82, 2.24) is 15.5 Å². The maximum absolute atomic E-state index is 14.8. The lowest BCUT2D eigenvalue weighted by atomic mass is 9.43. The van der Waals surface area contributed by atoms with Crippen LogP contribution in [0.15, 0.2) is 23.1 Å². The monoisotopic (exact) mass is 538 g/mol. The maximum atomic E-state index is 14.8. The van der Waals surface area contributed by atoms with E-state index in [4.69, 9.17) is 5.21 Å². The van der Waals surface area contributed by atoms with Gasteiger partial charge in [-0.25, -0.2) is 27.8 Å². The lowest BCUT2D eigenvalue weighted by molar-refractivity contribution is -0.129. The zero-order valence-electron chi connectivity index (χ0n) is 21.7. The van der Waals surface area contributed by atoms with Crippen molar-refractivity contribution < 1.29 is 27.6 Å². The molecule has 1 aromatic carbocycles. The third-order valence-corrected chi connectivity index (χ3v) is 9.71. The number of hydrogen-bond donors (Lipinski definition) is 5. The van der Waals surface area contributed by atoms with Gasteiger partial charge in [-0.2, -0.15) is 0 Å². The number of rotatable bonds is 11. The number of nitrogens with one attached hydrogen (secondary N) is 4. The van der Waals surface area contributed by atoms with Gasteiger partial charge < -0.3 is 10.6 Å². The quantitative estimate of drug-likeness (QED) is 0.161. The van der Waals surface area contributed by atoms with Gasteiger partial charge in [-0.15, -0.1) is 0 Å². The summed E-state index contributed by atoms with van der Waals surface area (Å²) in [5.41, 5.74) is 1.68. The zero-order chi connectivity index (χ0) is 26.9. The Hall–Kier alpha value is -2.24. The first kappa shape index (κ1) is 27.8. The van der Waals surface area contributed by atoms with E-state index >= 15 is 0 Å². The topological polar surface area (TPSA) is 137 Å². The van der Waals surface area contributed by atoms with E-state index in [1.807, 2.05) is 0 Å². The van der Waals surface area contributed by atoms with Crippen LogP contribution in [0.1, 0.15) is 84.5 Å². The number of carbonyl (C=O) groups is 2. The number of benzene rings is 1. The molecule has 0 aliphatic heterocycles. The van der Waals surface area contributed by atoms with Crippen LogP contribution in [-0.4, -0.2) is 37.6 Å². The molecule has 11 heteroatoms. The fourth-order valence-corrected chi connectivity index (χ4v) is 8.94. The van der Waals surface area contributed by atoms with Crippen LogP contribution in [0.2, 0.25) is 0 Å². The van der Waals surface area contributed by atoms with Gasteiger partial charge in [0.05, 0.1) is 10.6 Å². The normalized spacial score (nSPS) is 30.2. The molecule has 5 N–H and O–H groups in total. The first-order valence-corrected chi connectivity index (χ1v) is 14.6. The van der Waals surface area contributed by atoms with Gasteiger partial charge in [-0.1, -0.05) is 26.7 Å². The average Bonchev–Trinajstić information content (AvgIpc) is 2.76. The Bertz CT molecular complexity index is 1130. The number of anilines is 1. The van der Waals surface area contributed by atoms with E-state index in [9.17, 15) is 22.4 Å². The molecule has 2 atom stereocenters. The number of hydroxylamine groups is 1. The van der Waals surface area contributed by atoms with Crippen molar-refractivity contribution in [3.63, 3.8) is 0 Å². The van der Waals surface area contributed by atoms with E-state index in [2.05, 4.69) is 29.2 Å². The Morgan fingerprint density at radius 2 is 1.70 bits per heavy atom. The fraction of sp³-hybridized carbons (Fsp3) is 0.692. The van der Waals surface area contributed by atoms with Crippen LogP contribution in [0.3, 0.4) is 0 Å². The van der Waals surface area contributed by atoms with Gasteiger partial charge in [0.1, 0.15) is 5.82 Å². The third kappa shape index (κ3) is 6.61. The molecular formula is C26H39FN4O5S. The second kappa shape index (κ2) is 10.5. The summed E-state index contributed by atoms with van der Waals surface area (Å²) in [5.74, 6) is -0.660. The summed E-state index contributed by atoms with van der Waals surface area (Å²) in [6, 6.07) is 3.01. The molecule has 0 heterocycles. The minimum Gasteiger partial charge on any atom is -0.332 e. The number of urea groups is 1. The molecule has 0 saturated heterocycles. The van der Waals surface area contributed by atoms with Crippen molar-refractivity contribution in [1.29, 1.82) is 0 Å². The molecule has 4 bridgehead atoms. The molecule has 4 aliphatic carbocycles. The van der Waals surface area contributed by atoms with Crippen molar-refractivity contribution >= 4 is 27.6 Å². The van der Waals surface area contributed by atoms with E-state index in [1.54, 1.807) is 5.48 Å². The van der Waals surface area contributed by atoms with Crippen LogP contribution in [0, 0.1) is 22.6 Å². The molecule has 3 amide bonds. The lowest BCUT2D eigenvalue weighted by Gasteiger charge is -2.65. The zero-order valence-corrected chi connectivity index (χ0v) is 22.5. The molecule has 206 valence electrons.